The molecule has 0 aliphatic rings. The first-order chi connectivity index (χ1) is 16.0. The number of aromatic nitrogens is 3. The molecule has 0 bridgehead atoms. The van der Waals surface area contributed by atoms with E-state index in [2.05, 4.69) is 10.1 Å². The summed E-state index contributed by atoms with van der Waals surface area (Å²) in [6.45, 7) is 1.60. The first-order valence-corrected chi connectivity index (χ1v) is 10.5. The van der Waals surface area contributed by atoms with Crippen LogP contribution in [0.5, 0.6) is 0 Å². The van der Waals surface area contributed by atoms with Crippen LogP contribution < -0.4 is 0 Å². The van der Waals surface area contributed by atoms with Gasteiger partial charge in [0.2, 0.25) is 0 Å². The number of rotatable bonds is 5. The van der Waals surface area contributed by atoms with Gasteiger partial charge in [-0.3, -0.25) is 4.79 Å². The van der Waals surface area contributed by atoms with E-state index < -0.39 is 28.9 Å². The van der Waals surface area contributed by atoms with E-state index in [0.29, 0.717) is 16.7 Å². The molecule has 5 nitrogen and oxygen atoms in total. The Kier molecular flexibility index (Phi) is 6.07. The van der Waals surface area contributed by atoms with Crippen molar-refractivity contribution in [2.75, 3.05) is 7.11 Å². The van der Waals surface area contributed by atoms with Gasteiger partial charge in [-0.1, -0.05) is 35.9 Å². The highest BCUT2D eigenvalue weighted by molar-refractivity contribution is 6.31. The number of benzene rings is 2. The fourth-order valence-corrected chi connectivity index (χ4v) is 4.32. The van der Waals surface area contributed by atoms with Crippen molar-refractivity contribution in [3.05, 3.63) is 88.6 Å². The van der Waals surface area contributed by atoms with E-state index in [9.17, 15) is 22.4 Å². The number of fused-ring (bicyclic) bond motifs is 1. The lowest BCUT2D eigenvalue weighted by Gasteiger charge is -2.28. The zero-order valence-electron chi connectivity index (χ0n) is 18.0. The Morgan fingerprint density at radius 3 is 2.44 bits per heavy atom. The van der Waals surface area contributed by atoms with E-state index in [1.807, 2.05) is 0 Å². The Bertz CT molecular complexity index is 1370. The van der Waals surface area contributed by atoms with Crippen LogP contribution in [-0.2, 0) is 27.5 Å². The zero-order chi connectivity index (χ0) is 24.7. The van der Waals surface area contributed by atoms with Crippen molar-refractivity contribution in [2.24, 2.45) is 0 Å². The van der Waals surface area contributed by atoms with Crippen LogP contribution in [0.1, 0.15) is 23.7 Å². The van der Waals surface area contributed by atoms with E-state index in [1.54, 1.807) is 13.0 Å². The third kappa shape index (κ3) is 4.23. The second-order valence-corrected chi connectivity index (χ2v) is 8.36. The SMILES string of the molecule is COC(=O)C(C)(Cc1cccc(F)c1)c1c(Cl)cnc2c(-c3ccc(C(F)(F)F)cc3)cnn12. The molecule has 0 spiro atoms. The van der Waals surface area contributed by atoms with Gasteiger partial charge < -0.3 is 4.74 Å². The van der Waals surface area contributed by atoms with Crippen molar-refractivity contribution in [2.45, 2.75) is 24.9 Å². The van der Waals surface area contributed by atoms with Gasteiger partial charge in [-0.25, -0.2) is 13.9 Å². The summed E-state index contributed by atoms with van der Waals surface area (Å²) in [6.07, 6.45) is -1.64. The van der Waals surface area contributed by atoms with Crippen LogP contribution in [0.2, 0.25) is 5.02 Å². The average Bonchev–Trinajstić information content (AvgIpc) is 3.21. The van der Waals surface area contributed by atoms with Gasteiger partial charge in [-0.15, -0.1) is 0 Å². The standard InChI is InChI=1S/C24H18ClF4N3O2/c1-23(22(33)34-2,11-14-4-3-5-17(26)10-14)20-19(25)13-30-21-18(12-31-32(20)21)15-6-8-16(9-7-15)24(27,28)29/h3-10,12-13H,11H2,1-2H3. The summed E-state index contributed by atoms with van der Waals surface area (Å²) in [7, 11) is 1.23. The number of alkyl halides is 3. The summed E-state index contributed by atoms with van der Waals surface area (Å²) in [5.74, 6) is -1.09. The Hall–Kier alpha value is -3.46. The highest BCUT2D eigenvalue weighted by Crippen LogP contribution is 2.37. The van der Waals surface area contributed by atoms with Gasteiger partial charge in [0.25, 0.3) is 0 Å². The van der Waals surface area contributed by atoms with Gasteiger partial charge >= 0.3 is 12.1 Å². The van der Waals surface area contributed by atoms with Crippen molar-refractivity contribution in [3.8, 4) is 11.1 Å². The molecule has 2 aromatic heterocycles. The van der Waals surface area contributed by atoms with Crippen LogP contribution in [0.3, 0.4) is 0 Å². The van der Waals surface area contributed by atoms with Crippen LogP contribution in [-0.4, -0.2) is 27.7 Å². The molecule has 0 amide bonds. The first-order valence-electron chi connectivity index (χ1n) is 10.1. The van der Waals surface area contributed by atoms with Crippen LogP contribution in [0.4, 0.5) is 17.6 Å². The minimum atomic E-state index is -4.46. The van der Waals surface area contributed by atoms with Gasteiger partial charge in [-0.2, -0.15) is 18.3 Å². The average molecular weight is 492 g/mol. The van der Waals surface area contributed by atoms with E-state index >= 15 is 0 Å². The number of carbonyl (C=O) groups excluding carboxylic acids is 1. The normalized spacial score (nSPS) is 13.6. The molecule has 1 atom stereocenters. The molecule has 0 saturated carbocycles. The lowest BCUT2D eigenvalue weighted by atomic mass is 9.80. The summed E-state index contributed by atoms with van der Waals surface area (Å²) >= 11 is 6.48. The van der Waals surface area contributed by atoms with Crippen molar-refractivity contribution in [3.63, 3.8) is 0 Å². The molecule has 1 unspecified atom stereocenters. The predicted octanol–water partition coefficient (Wildman–Crippen LogP) is 5.88. The van der Waals surface area contributed by atoms with Crippen molar-refractivity contribution < 1.29 is 27.1 Å². The molecule has 2 aromatic carbocycles. The summed E-state index contributed by atoms with van der Waals surface area (Å²) in [6, 6.07) is 10.4. The monoisotopic (exact) mass is 491 g/mol. The first kappa shape index (κ1) is 23.7. The fourth-order valence-electron chi connectivity index (χ4n) is 3.98. The summed E-state index contributed by atoms with van der Waals surface area (Å²) in [5.41, 5.74) is -0.188. The van der Waals surface area contributed by atoms with Crippen LogP contribution in [0, 0.1) is 5.82 Å². The number of halogens is 5. The largest absolute Gasteiger partial charge is 0.468 e. The summed E-state index contributed by atoms with van der Waals surface area (Å²) < 4.78 is 59.1. The van der Waals surface area contributed by atoms with Gasteiger partial charge in [0, 0.05) is 11.8 Å². The smallest absolute Gasteiger partial charge is 0.416 e. The lowest BCUT2D eigenvalue weighted by molar-refractivity contribution is -0.147. The second kappa shape index (κ2) is 8.72. The minimum absolute atomic E-state index is 0.0474. The third-order valence-electron chi connectivity index (χ3n) is 5.61. The van der Waals surface area contributed by atoms with E-state index in [0.717, 1.165) is 12.1 Å². The van der Waals surface area contributed by atoms with Gasteiger partial charge in [0.15, 0.2) is 5.65 Å². The number of ether oxygens (including phenoxy) is 1. The molecular weight excluding hydrogens is 474 g/mol. The Morgan fingerprint density at radius 1 is 1.12 bits per heavy atom. The molecule has 10 heteroatoms. The number of nitrogens with zero attached hydrogens (tertiary/aromatic N) is 3. The molecule has 0 fully saturated rings. The highest BCUT2D eigenvalue weighted by atomic mass is 35.5. The summed E-state index contributed by atoms with van der Waals surface area (Å²) in [4.78, 5) is 17.3. The predicted molar refractivity (Wildman–Crippen MR) is 118 cm³/mol. The molecule has 0 N–H and O–H groups in total. The highest BCUT2D eigenvalue weighted by Gasteiger charge is 2.41. The second-order valence-electron chi connectivity index (χ2n) is 7.95. The summed E-state index contributed by atoms with van der Waals surface area (Å²) in [5, 5.41) is 4.46. The molecule has 4 aromatic rings. The molecule has 2 heterocycles. The molecular formula is C24H18ClF4N3O2. The fraction of sp³-hybridized carbons (Fsp3) is 0.208. The Balaban J connectivity index is 1.87. The minimum Gasteiger partial charge on any atom is -0.468 e. The van der Waals surface area contributed by atoms with Gasteiger partial charge in [0.05, 0.1) is 29.6 Å². The quantitative estimate of drug-likeness (QED) is 0.258. The number of carbonyl (C=O) groups is 1. The lowest BCUT2D eigenvalue weighted by Crippen LogP contribution is -2.38. The number of methoxy groups -OCH3 is 1. The number of esters is 1. The number of hydrogen-bond acceptors (Lipinski definition) is 4. The molecule has 0 aliphatic heterocycles. The number of hydrogen-bond donors (Lipinski definition) is 0. The van der Waals surface area contributed by atoms with Crippen LogP contribution in [0.15, 0.2) is 60.9 Å². The Morgan fingerprint density at radius 2 is 1.82 bits per heavy atom. The van der Waals surface area contributed by atoms with Crippen molar-refractivity contribution in [1.29, 1.82) is 0 Å². The molecule has 34 heavy (non-hydrogen) atoms. The van der Waals surface area contributed by atoms with Crippen molar-refractivity contribution in [1.82, 2.24) is 14.6 Å². The van der Waals surface area contributed by atoms with E-state index in [4.69, 9.17) is 16.3 Å². The third-order valence-corrected chi connectivity index (χ3v) is 5.89. The zero-order valence-corrected chi connectivity index (χ0v) is 18.8. The Labute approximate surface area is 197 Å². The molecule has 176 valence electrons. The molecule has 0 saturated heterocycles. The molecule has 4 rings (SSSR count). The molecule has 0 radical (unpaired) electrons. The van der Waals surface area contributed by atoms with Gasteiger partial charge in [0.1, 0.15) is 11.2 Å². The molecule has 0 aliphatic carbocycles. The maximum atomic E-state index is 13.8. The topological polar surface area (TPSA) is 56.5 Å². The van der Waals surface area contributed by atoms with Crippen molar-refractivity contribution >= 4 is 23.2 Å². The maximum absolute atomic E-state index is 13.8. The maximum Gasteiger partial charge on any atom is 0.416 e. The van der Waals surface area contributed by atoms with E-state index in [1.165, 1.54) is 54.4 Å². The van der Waals surface area contributed by atoms with Gasteiger partial charge in [-0.05, 0) is 48.7 Å². The van der Waals surface area contributed by atoms with Crippen LogP contribution in [0.25, 0.3) is 16.8 Å². The van der Waals surface area contributed by atoms with E-state index in [-0.39, 0.29) is 22.8 Å². The van der Waals surface area contributed by atoms with Crippen LogP contribution >= 0.6 is 11.6 Å².